The van der Waals surface area contributed by atoms with Crippen LogP contribution >= 0.6 is 11.6 Å². The molecule has 0 saturated carbocycles. The summed E-state index contributed by atoms with van der Waals surface area (Å²) in [6, 6.07) is 6.56. The number of hydrogen-bond donors (Lipinski definition) is 1. The van der Waals surface area contributed by atoms with Gasteiger partial charge in [0.1, 0.15) is 5.75 Å². The highest BCUT2D eigenvalue weighted by atomic mass is 35.5. The number of hydrogen-bond acceptors (Lipinski definition) is 2. The molecule has 0 saturated heterocycles. The van der Waals surface area contributed by atoms with E-state index in [0.717, 1.165) is 0 Å². The molecule has 2 rings (SSSR count). The van der Waals surface area contributed by atoms with Crippen molar-refractivity contribution >= 4 is 22.5 Å². The third-order valence-corrected chi connectivity index (χ3v) is 1.86. The molecule has 1 aromatic carbocycles. The first-order valence-corrected chi connectivity index (χ1v) is 3.80. The minimum atomic E-state index is 0.177. The van der Waals surface area contributed by atoms with Crippen LogP contribution in [0.25, 0.3) is 10.9 Å². The van der Waals surface area contributed by atoms with Gasteiger partial charge in [-0.05, 0) is 18.2 Å². The minimum absolute atomic E-state index is 0.177. The number of aromatic hydroxyl groups is 1. The summed E-state index contributed by atoms with van der Waals surface area (Å²) in [7, 11) is 0. The lowest BCUT2D eigenvalue weighted by Gasteiger charge is -1.98. The normalized spacial score (nSPS) is 10.4. The van der Waals surface area contributed by atoms with Crippen LogP contribution in [0.3, 0.4) is 0 Å². The Morgan fingerprint density at radius 1 is 1.42 bits per heavy atom. The average Bonchev–Trinajstić information content (AvgIpc) is 2.04. The van der Waals surface area contributed by atoms with Gasteiger partial charge in [0.25, 0.3) is 0 Å². The molecule has 1 heterocycles. The topological polar surface area (TPSA) is 33.1 Å². The molecule has 0 atom stereocenters. The number of benzene rings is 1. The number of pyridine rings is 1. The first-order chi connectivity index (χ1) is 5.77. The molecule has 0 spiro atoms. The van der Waals surface area contributed by atoms with Crippen LogP contribution in [0.1, 0.15) is 0 Å². The lowest BCUT2D eigenvalue weighted by atomic mass is 10.2. The fourth-order valence-electron chi connectivity index (χ4n) is 1.05. The van der Waals surface area contributed by atoms with E-state index in [1.165, 1.54) is 6.07 Å². The molecular weight excluding hydrogens is 174 g/mol. The molecule has 0 amide bonds. The van der Waals surface area contributed by atoms with Crippen molar-refractivity contribution < 1.29 is 5.11 Å². The molecule has 2 aromatic rings. The lowest BCUT2D eigenvalue weighted by Crippen LogP contribution is -1.78. The van der Waals surface area contributed by atoms with E-state index in [4.69, 9.17) is 11.6 Å². The molecule has 0 aliphatic rings. The maximum absolute atomic E-state index is 9.35. The van der Waals surface area contributed by atoms with Crippen LogP contribution in [0.2, 0.25) is 5.02 Å². The molecule has 0 aliphatic heterocycles. The second-order valence-corrected chi connectivity index (χ2v) is 2.87. The first-order valence-electron chi connectivity index (χ1n) is 3.43. The van der Waals surface area contributed by atoms with Crippen molar-refractivity contribution in [2.75, 3.05) is 0 Å². The number of fused-ring (bicyclic) bond motifs is 1. The molecular formula is C9H5ClNO. The Balaban J connectivity index is 2.86. The second-order valence-electron chi connectivity index (χ2n) is 2.43. The van der Waals surface area contributed by atoms with E-state index in [1.54, 1.807) is 18.2 Å². The third kappa shape index (κ3) is 1.10. The third-order valence-electron chi connectivity index (χ3n) is 1.62. The van der Waals surface area contributed by atoms with Gasteiger partial charge >= 0.3 is 0 Å². The predicted molar refractivity (Wildman–Crippen MR) is 47.3 cm³/mol. The van der Waals surface area contributed by atoms with Gasteiger partial charge in [-0.25, -0.2) is 4.98 Å². The molecule has 1 N–H and O–H groups in total. The number of aromatic nitrogens is 1. The highest BCUT2D eigenvalue weighted by Crippen LogP contribution is 2.24. The van der Waals surface area contributed by atoms with E-state index in [1.807, 2.05) is 0 Å². The SMILES string of the molecule is Oc1c[c]nc2cc(Cl)ccc12. The van der Waals surface area contributed by atoms with Gasteiger partial charge < -0.3 is 5.11 Å². The van der Waals surface area contributed by atoms with E-state index in [0.29, 0.717) is 15.9 Å². The van der Waals surface area contributed by atoms with Crippen LogP contribution in [0, 0.1) is 6.20 Å². The Bertz CT molecular complexity index is 428. The number of nitrogens with zero attached hydrogens (tertiary/aromatic N) is 1. The van der Waals surface area contributed by atoms with Gasteiger partial charge in [-0.1, -0.05) is 11.6 Å². The summed E-state index contributed by atoms with van der Waals surface area (Å²) < 4.78 is 0. The highest BCUT2D eigenvalue weighted by Gasteiger charge is 1.99. The van der Waals surface area contributed by atoms with Gasteiger partial charge in [-0.3, -0.25) is 0 Å². The molecule has 0 aliphatic carbocycles. The highest BCUT2D eigenvalue weighted by molar-refractivity contribution is 6.31. The Hall–Kier alpha value is -1.28. The minimum Gasteiger partial charge on any atom is -0.507 e. The van der Waals surface area contributed by atoms with Crippen molar-refractivity contribution in [3.8, 4) is 5.75 Å². The van der Waals surface area contributed by atoms with Crippen LogP contribution in [0.15, 0.2) is 24.3 Å². The van der Waals surface area contributed by atoms with E-state index >= 15 is 0 Å². The van der Waals surface area contributed by atoms with Gasteiger partial charge in [0, 0.05) is 16.5 Å². The molecule has 2 nitrogen and oxygen atoms in total. The van der Waals surface area contributed by atoms with Gasteiger partial charge in [0.05, 0.1) is 11.7 Å². The predicted octanol–water partition coefficient (Wildman–Crippen LogP) is 2.39. The summed E-state index contributed by atoms with van der Waals surface area (Å²) >= 11 is 5.74. The Morgan fingerprint density at radius 3 is 3.08 bits per heavy atom. The smallest absolute Gasteiger partial charge is 0.127 e. The largest absolute Gasteiger partial charge is 0.507 e. The Labute approximate surface area is 74.4 Å². The van der Waals surface area contributed by atoms with Crippen molar-refractivity contribution in [1.29, 1.82) is 0 Å². The Kier molecular flexibility index (Phi) is 1.62. The van der Waals surface area contributed by atoms with E-state index in [2.05, 4.69) is 11.2 Å². The summed E-state index contributed by atoms with van der Waals surface area (Å²) in [5, 5.41) is 10.6. The van der Waals surface area contributed by atoms with Crippen molar-refractivity contribution in [1.82, 2.24) is 4.98 Å². The van der Waals surface area contributed by atoms with Crippen molar-refractivity contribution in [2.24, 2.45) is 0 Å². The van der Waals surface area contributed by atoms with Crippen LogP contribution in [-0.4, -0.2) is 10.1 Å². The summed E-state index contributed by atoms with van der Waals surface area (Å²) in [5.74, 6) is 0.177. The van der Waals surface area contributed by atoms with Gasteiger partial charge in [-0.2, -0.15) is 0 Å². The fraction of sp³-hybridized carbons (Fsp3) is 0. The molecule has 3 heteroatoms. The summed E-state index contributed by atoms with van der Waals surface area (Å²) in [6.45, 7) is 0. The molecule has 0 bridgehead atoms. The van der Waals surface area contributed by atoms with Crippen LogP contribution < -0.4 is 0 Å². The first kappa shape index (κ1) is 7.37. The monoisotopic (exact) mass is 178 g/mol. The van der Waals surface area contributed by atoms with Gasteiger partial charge in [0.2, 0.25) is 0 Å². The molecule has 0 fully saturated rings. The quantitative estimate of drug-likeness (QED) is 0.672. The fourth-order valence-corrected chi connectivity index (χ4v) is 1.22. The lowest BCUT2D eigenvalue weighted by molar-refractivity contribution is 0.481. The molecule has 12 heavy (non-hydrogen) atoms. The number of halogens is 1. The summed E-state index contributed by atoms with van der Waals surface area (Å²) in [5.41, 5.74) is 0.655. The summed E-state index contributed by atoms with van der Waals surface area (Å²) in [6.07, 6.45) is 2.57. The van der Waals surface area contributed by atoms with E-state index in [9.17, 15) is 5.11 Å². The van der Waals surface area contributed by atoms with Crippen molar-refractivity contribution in [2.45, 2.75) is 0 Å². The van der Waals surface area contributed by atoms with Crippen LogP contribution in [0.5, 0.6) is 5.75 Å². The molecule has 1 radical (unpaired) electrons. The van der Waals surface area contributed by atoms with Crippen LogP contribution in [0.4, 0.5) is 0 Å². The van der Waals surface area contributed by atoms with Crippen LogP contribution in [-0.2, 0) is 0 Å². The average molecular weight is 179 g/mol. The maximum Gasteiger partial charge on any atom is 0.127 e. The van der Waals surface area contributed by atoms with Gasteiger partial charge in [0.15, 0.2) is 0 Å². The standard InChI is InChI=1S/C9H5ClNO/c10-6-1-2-7-8(5-6)11-4-3-9(7)12/h1-3,5H,(H,11,12). The zero-order valence-corrected chi connectivity index (χ0v) is 6.84. The second kappa shape index (κ2) is 2.64. The van der Waals surface area contributed by atoms with Crippen molar-refractivity contribution in [3.63, 3.8) is 0 Å². The Morgan fingerprint density at radius 2 is 2.25 bits per heavy atom. The maximum atomic E-state index is 9.35. The molecule has 0 unspecified atom stereocenters. The zero-order chi connectivity index (χ0) is 8.55. The number of rotatable bonds is 0. The van der Waals surface area contributed by atoms with E-state index in [-0.39, 0.29) is 5.75 Å². The summed E-state index contributed by atoms with van der Waals surface area (Å²) in [4.78, 5) is 3.93. The zero-order valence-electron chi connectivity index (χ0n) is 6.08. The van der Waals surface area contributed by atoms with Crippen molar-refractivity contribution in [3.05, 3.63) is 35.5 Å². The molecule has 59 valence electrons. The van der Waals surface area contributed by atoms with Gasteiger partial charge in [-0.15, -0.1) is 0 Å². The molecule has 1 aromatic heterocycles. The van der Waals surface area contributed by atoms with E-state index < -0.39 is 0 Å².